The summed E-state index contributed by atoms with van der Waals surface area (Å²) in [5.74, 6) is 0. The van der Waals surface area contributed by atoms with E-state index in [0.717, 1.165) is 3.58 Å². The number of aromatic nitrogens is 4. The molecule has 0 unspecified atom stereocenters. The predicted octanol–water partition coefficient (Wildman–Crippen LogP) is 0.904. The zero-order valence-electron chi connectivity index (χ0n) is 11.1. The quantitative estimate of drug-likeness (QED) is 0.478. The van der Waals surface area contributed by atoms with E-state index in [1.165, 1.54) is 12.7 Å². The van der Waals surface area contributed by atoms with Crippen LogP contribution < -0.4 is 5.56 Å². The van der Waals surface area contributed by atoms with Crippen molar-refractivity contribution in [1.29, 1.82) is 0 Å². The lowest BCUT2D eigenvalue weighted by Gasteiger charge is -2.15. The first-order valence-electron chi connectivity index (χ1n) is 6.29. The summed E-state index contributed by atoms with van der Waals surface area (Å²) in [6.07, 6.45) is 4.25. The van der Waals surface area contributed by atoms with Crippen molar-refractivity contribution < 1.29 is 19.1 Å². The number of hydrogen-bond acceptors (Lipinski definition) is 5. The van der Waals surface area contributed by atoms with Crippen molar-refractivity contribution in [3.8, 4) is 0 Å². The summed E-state index contributed by atoms with van der Waals surface area (Å²) in [7, 11) is -4.20. The van der Waals surface area contributed by atoms with Crippen LogP contribution in [-0.4, -0.2) is 41.8 Å². The molecular weight excluding hydrogens is 426 g/mol. The summed E-state index contributed by atoms with van der Waals surface area (Å²) >= 11 is 2.08. The fourth-order valence-corrected chi connectivity index (χ4v) is 3.55. The number of rotatable bonds is 4. The molecule has 0 saturated carbocycles. The number of halogens is 1. The molecule has 2 aromatic heterocycles. The molecule has 22 heavy (non-hydrogen) atoms. The molecule has 0 bridgehead atoms. The van der Waals surface area contributed by atoms with E-state index in [-0.39, 0.29) is 17.1 Å². The van der Waals surface area contributed by atoms with E-state index < -0.39 is 20.0 Å². The first kappa shape index (κ1) is 15.8. The van der Waals surface area contributed by atoms with E-state index in [0.29, 0.717) is 12.1 Å². The molecule has 0 aliphatic heterocycles. The topological polar surface area (TPSA) is 130 Å². The second kappa shape index (κ2) is 5.85. The van der Waals surface area contributed by atoms with Crippen molar-refractivity contribution in [1.82, 2.24) is 19.5 Å². The second-order valence-corrected chi connectivity index (χ2v) is 7.69. The van der Waals surface area contributed by atoms with E-state index in [2.05, 4.69) is 37.5 Å². The van der Waals surface area contributed by atoms with Crippen LogP contribution in [0.15, 0.2) is 27.1 Å². The number of aromatic amines is 1. The van der Waals surface area contributed by atoms with Crippen molar-refractivity contribution >= 4 is 41.4 Å². The molecule has 1 aliphatic rings. The number of allylic oxidation sites excluding steroid dienone is 1. The minimum atomic E-state index is -4.20. The fraction of sp³-hybridized carbons (Fsp3) is 0.364. The molecule has 0 aromatic carbocycles. The van der Waals surface area contributed by atoms with Gasteiger partial charge in [0.1, 0.15) is 6.35 Å². The van der Waals surface area contributed by atoms with Crippen LogP contribution in [0.4, 0.5) is 0 Å². The van der Waals surface area contributed by atoms with Gasteiger partial charge in [-0.05, 0) is 28.7 Å². The number of nitrogens with one attached hydrogen (secondary N) is 1. The number of hydrogen-bond donors (Lipinski definition) is 3. The molecule has 2 aromatic rings. The van der Waals surface area contributed by atoms with Gasteiger partial charge in [0, 0.05) is 10.0 Å². The van der Waals surface area contributed by atoms with Crippen molar-refractivity contribution in [2.24, 2.45) is 0 Å². The van der Waals surface area contributed by atoms with Crippen molar-refractivity contribution in [2.45, 2.75) is 18.6 Å². The number of nitrogens with zero attached hydrogens (tertiary/aromatic N) is 3. The monoisotopic (exact) mass is 438 g/mol. The minimum Gasteiger partial charge on any atom is -0.360 e. The molecule has 0 fully saturated rings. The van der Waals surface area contributed by atoms with Crippen molar-refractivity contribution in [3.63, 3.8) is 0 Å². The van der Waals surface area contributed by atoms with Crippen molar-refractivity contribution in [3.05, 3.63) is 32.7 Å². The first-order valence-corrected chi connectivity index (χ1v) is 9.16. The van der Waals surface area contributed by atoms with Crippen molar-refractivity contribution in [2.75, 3.05) is 6.35 Å². The fourth-order valence-electron chi connectivity index (χ4n) is 2.33. The highest BCUT2D eigenvalue weighted by molar-refractivity contribution is 14.1. The van der Waals surface area contributed by atoms with Gasteiger partial charge >= 0.3 is 7.60 Å². The van der Waals surface area contributed by atoms with E-state index in [1.54, 1.807) is 4.57 Å². The average Bonchev–Trinajstić information content (AvgIpc) is 3.00. The van der Waals surface area contributed by atoms with E-state index in [4.69, 9.17) is 14.5 Å². The van der Waals surface area contributed by atoms with Gasteiger partial charge in [-0.15, -0.1) is 0 Å². The van der Waals surface area contributed by atoms with Crippen LogP contribution in [0, 0.1) is 0 Å². The van der Waals surface area contributed by atoms with Gasteiger partial charge in [-0.25, -0.2) is 9.97 Å². The Balaban J connectivity index is 1.83. The van der Waals surface area contributed by atoms with Crippen LogP contribution in [0.1, 0.15) is 12.5 Å². The zero-order chi connectivity index (χ0) is 15.9. The van der Waals surface area contributed by atoms with Gasteiger partial charge in [0.25, 0.3) is 5.56 Å². The lowest BCUT2D eigenvalue weighted by Crippen LogP contribution is -2.14. The Bertz CT molecular complexity index is 840. The van der Waals surface area contributed by atoms with E-state index in [1.807, 2.05) is 6.08 Å². The largest absolute Gasteiger partial charge is 0.360 e. The van der Waals surface area contributed by atoms with Gasteiger partial charge in [-0.1, -0.05) is 0 Å². The van der Waals surface area contributed by atoms with Gasteiger partial charge < -0.3 is 24.1 Å². The molecule has 9 nitrogen and oxygen atoms in total. The lowest BCUT2D eigenvalue weighted by atomic mass is 10.2. The molecule has 3 N–H and O–H groups in total. The highest BCUT2D eigenvalue weighted by Crippen LogP contribution is 2.40. The van der Waals surface area contributed by atoms with E-state index in [9.17, 15) is 9.36 Å². The summed E-state index contributed by atoms with van der Waals surface area (Å²) in [5.41, 5.74) is 0.407. The van der Waals surface area contributed by atoms with Crippen LogP contribution in [0.5, 0.6) is 0 Å². The van der Waals surface area contributed by atoms with Gasteiger partial charge in [0.15, 0.2) is 11.2 Å². The van der Waals surface area contributed by atoms with Crippen LogP contribution in [-0.2, 0) is 9.30 Å². The summed E-state index contributed by atoms with van der Waals surface area (Å²) in [4.78, 5) is 40.1. The third-order valence-corrected chi connectivity index (χ3v) is 4.82. The molecule has 118 valence electrons. The molecule has 0 radical (unpaired) electrons. The van der Waals surface area contributed by atoms with Gasteiger partial charge in [0.05, 0.1) is 24.8 Å². The van der Waals surface area contributed by atoms with Gasteiger partial charge in [0.2, 0.25) is 0 Å². The summed E-state index contributed by atoms with van der Waals surface area (Å²) < 4.78 is 18.8. The number of imidazole rings is 1. The third kappa shape index (κ3) is 3.15. The van der Waals surface area contributed by atoms with Crippen LogP contribution in [0.2, 0.25) is 0 Å². The Morgan fingerprint density at radius 2 is 2.27 bits per heavy atom. The van der Waals surface area contributed by atoms with Crippen LogP contribution in [0.25, 0.3) is 11.2 Å². The molecular formula is C11H12IN4O5P. The highest BCUT2D eigenvalue weighted by Gasteiger charge is 2.30. The Kier molecular flexibility index (Phi) is 4.21. The Hall–Kier alpha value is -1.07. The Morgan fingerprint density at radius 3 is 3.00 bits per heavy atom. The summed E-state index contributed by atoms with van der Waals surface area (Å²) in [6, 6.07) is -0.132. The Labute approximate surface area is 137 Å². The van der Waals surface area contributed by atoms with Gasteiger partial charge in [-0.3, -0.25) is 9.36 Å². The van der Waals surface area contributed by atoms with Gasteiger partial charge in [-0.2, -0.15) is 0 Å². The molecule has 0 saturated heterocycles. The normalized spacial score (nSPS) is 22.2. The predicted molar refractivity (Wildman–Crippen MR) is 85.7 cm³/mol. The highest BCUT2D eigenvalue weighted by atomic mass is 127. The van der Waals surface area contributed by atoms with Crippen LogP contribution in [0.3, 0.4) is 0 Å². The number of H-pyrrole nitrogens is 1. The maximum absolute atomic E-state index is 11.6. The maximum atomic E-state index is 11.6. The Morgan fingerprint density at radius 1 is 1.50 bits per heavy atom. The number of fused-ring (bicyclic) bond motifs is 1. The minimum absolute atomic E-state index is 0.132. The molecule has 0 spiro atoms. The standard InChI is InChI=1S/C11H12IN4O5P/c12-7-1-6(2-8(7)21-5-22(18,19)20)16-4-15-9-10(16)13-3-14-11(9)17/h1,3-4,6,8H,2,5H2,(H,13,14,17)(H2,18,19,20)/t6-,8-/m0/s1. The molecule has 2 heterocycles. The third-order valence-electron chi connectivity index (χ3n) is 3.28. The summed E-state index contributed by atoms with van der Waals surface area (Å²) in [6.45, 7) is 0. The molecule has 3 rings (SSSR count). The number of ether oxygens (including phenoxy) is 1. The molecule has 1 aliphatic carbocycles. The molecule has 0 amide bonds. The molecule has 2 atom stereocenters. The SMILES string of the molecule is O=c1[nH]cnc2c1ncn2[C@H]1C=C(I)[C@@H](OCP(=O)(O)O)C1. The molecule has 11 heteroatoms. The zero-order valence-corrected chi connectivity index (χ0v) is 14.1. The summed E-state index contributed by atoms with van der Waals surface area (Å²) in [5, 5.41) is 0. The van der Waals surface area contributed by atoms with Crippen LogP contribution >= 0.6 is 30.2 Å². The maximum Gasteiger partial charge on any atom is 0.351 e. The average molecular weight is 438 g/mol. The first-order chi connectivity index (χ1) is 10.3. The smallest absolute Gasteiger partial charge is 0.351 e. The van der Waals surface area contributed by atoms with E-state index >= 15 is 0 Å². The second-order valence-electron chi connectivity index (χ2n) is 4.86. The lowest BCUT2D eigenvalue weighted by molar-refractivity contribution is 0.101.